The lowest BCUT2D eigenvalue weighted by molar-refractivity contribution is 0.105. The largest absolute Gasteiger partial charge is 0.381 e. The van der Waals surface area contributed by atoms with Crippen molar-refractivity contribution in [3.8, 4) is 0 Å². The summed E-state index contributed by atoms with van der Waals surface area (Å²) in [5.41, 5.74) is 1.39. The molecule has 0 bridgehead atoms. The van der Waals surface area contributed by atoms with Gasteiger partial charge in [0.15, 0.2) is 0 Å². The first kappa shape index (κ1) is 14.5. The highest BCUT2D eigenvalue weighted by molar-refractivity contribution is 5.08. The predicted octanol–water partition coefficient (Wildman–Crippen LogP) is 2.41. The number of nitrogens with one attached hydrogen (secondary N) is 1. The third kappa shape index (κ3) is 4.62. The minimum absolute atomic E-state index is 0.622. The van der Waals surface area contributed by atoms with Gasteiger partial charge in [-0.25, -0.2) is 4.98 Å². The Kier molecular flexibility index (Phi) is 5.86. The van der Waals surface area contributed by atoms with Crippen molar-refractivity contribution >= 4 is 0 Å². The van der Waals surface area contributed by atoms with Gasteiger partial charge in [-0.1, -0.05) is 13.8 Å². The molecule has 2 heterocycles. The Morgan fingerprint density at radius 3 is 3.16 bits per heavy atom. The van der Waals surface area contributed by atoms with Gasteiger partial charge in [0, 0.05) is 44.1 Å². The number of aromatic nitrogens is 2. The zero-order valence-electron chi connectivity index (χ0n) is 12.3. The molecule has 0 spiro atoms. The first-order valence-electron chi connectivity index (χ1n) is 7.56. The average molecular weight is 265 g/mol. The predicted molar refractivity (Wildman–Crippen MR) is 77.3 cm³/mol. The van der Waals surface area contributed by atoms with Crippen LogP contribution in [0.3, 0.4) is 0 Å². The minimum Gasteiger partial charge on any atom is -0.381 e. The van der Waals surface area contributed by atoms with E-state index in [1.54, 1.807) is 0 Å². The SMILES string of the molecule is CC(C)COCCCn1cncc1C1CCCNC1. The Morgan fingerprint density at radius 2 is 2.42 bits per heavy atom. The molecule has 0 amide bonds. The van der Waals surface area contributed by atoms with E-state index in [0.29, 0.717) is 11.8 Å². The summed E-state index contributed by atoms with van der Waals surface area (Å²) in [6, 6.07) is 0. The van der Waals surface area contributed by atoms with Crippen LogP contribution in [-0.4, -0.2) is 35.9 Å². The zero-order chi connectivity index (χ0) is 13.5. The third-order valence-electron chi connectivity index (χ3n) is 3.60. The molecule has 4 nitrogen and oxygen atoms in total. The van der Waals surface area contributed by atoms with Crippen molar-refractivity contribution in [3.05, 3.63) is 18.2 Å². The fourth-order valence-corrected chi connectivity index (χ4v) is 2.62. The van der Waals surface area contributed by atoms with Gasteiger partial charge in [0.05, 0.1) is 6.33 Å². The lowest BCUT2D eigenvalue weighted by Crippen LogP contribution is -2.29. The molecule has 1 unspecified atom stereocenters. The molecule has 1 aliphatic heterocycles. The van der Waals surface area contributed by atoms with Gasteiger partial charge in [0.2, 0.25) is 0 Å². The summed E-state index contributed by atoms with van der Waals surface area (Å²) in [4.78, 5) is 4.32. The molecule has 1 atom stereocenters. The Balaban J connectivity index is 1.76. The molecular formula is C15H27N3O. The van der Waals surface area contributed by atoms with Crippen LogP contribution in [0.15, 0.2) is 12.5 Å². The second-order valence-corrected chi connectivity index (χ2v) is 5.88. The Hall–Kier alpha value is -0.870. The van der Waals surface area contributed by atoms with Crippen molar-refractivity contribution in [2.24, 2.45) is 5.92 Å². The highest BCUT2D eigenvalue weighted by Gasteiger charge is 2.18. The van der Waals surface area contributed by atoms with Crippen molar-refractivity contribution in [1.29, 1.82) is 0 Å². The number of ether oxygens (including phenoxy) is 1. The molecule has 0 saturated carbocycles. The second kappa shape index (κ2) is 7.65. The van der Waals surface area contributed by atoms with Crippen LogP contribution in [0.4, 0.5) is 0 Å². The minimum atomic E-state index is 0.622. The second-order valence-electron chi connectivity index (χ2n) is 5.88. The number of aryl methyl sites for hydroxylation is 1. The van der Waals surface area contributed by atoms with E-state index in [2.05, 4.69) is 28.7 Å². The summed E-state index contributed by atoms with van der Waals surface area (Å²) in [6.45, 7) is 9.35. The number of rotatable bonds is 7. The average Bonchev–Trinajstić information content (AvgIpc) is 2.87. The summed E-state index contributed by atoms with van der Waals surface area (Å²) in [6.07, 6.45) is 7.62. The van der Waals surface area contributed by atoms with Crippen molar-refractivity contribution in [2.45, 2.75) is 45.6 Å². The van der Waals surface area contributed by atoms with Crippen molar-refractivity contribution in [2.75, 3.05) is 26.3 Å². The van der Waals surface area contributed by atoms with Crippen LogP contribution in [0.2, 0.25) is 0 Å². The standard InChI is InChI=1S/C15H27N3O/c1-13(2)11-19-8-4-7-18-12-17-10-15(18)14-5-3-6-16-9-14/h10,12-14,16H,3-9,11H2,1-2H3. The molecule has 1 aliphatic rings. The topological polar surface area (TPSA) is 39.1 Å². The van der Waals surface area contributed by atoms with E-state index in [9.17, 15) is 0 Å². The Labute approximate surface area is 116 Å². The normalized spacial score (nSPS) is 20.1. The summed E-state index contributed by atoms with van der Waals surface area (Å²) in [7, 11) is 0. The third-order valence-corrected chi connectivity index (χ3v) is 3.60. The molecule has 2 rings (SSSR count). The van der Waals surface area contributed by atoms with Crippen LogP contribution >= 0.6 is 0 Å². The van der Waals surface area contributed by atoms with Gasteiger partial charge >= 0.3 is 0 Å². The van der Waals surface area contributed by atoms with E-state index < -0.39 is 0 Å². The fourth-order valence-electron chi connectivity index (χ4n) is 2.62. The molecule has 1 aromatic heterocycles. The lowest BCUT2D eigenvalue weighted by atomic mass is 9.96. The van der Waals surface area contributed by atoms with Crippen LogP contribution in [0, 0.1) is 5.92 Å². The molecule has 1 aromatic rings. The molecule has 1 fully saturated rings. The zero-order valence-corrected chi connectivity index (χ0v) is 12.3. The van der Waals surface area contributed by atoms with Crippen molar-refractivity contribution in [3.63, 3.8) is 0 Å². The first-order valence-corrected chi connectivity index (χ1v) is 7.56. The van der Waals surface area contributed by atoms with Crippen LogP contribution < -0.4 is 5.32 Å². The molecule has 1 N–H and O–H groups in total. The van der Waals surface area contributed by atoms with Gasteiger partial charge in [-0.05, 0) is 31.7 Å². The van der Waals surface area contributed by atoms with Gasteiger partial charge in [-0.3, -0.25) is 0 Å². The highest BCUT2D eigenvalue weighted by atomic mass is 16.5. The first-order chi connectivity index (χ1) is 9.27. The fraction of sp³-hybridized carbons (Fsp3) is 0.800. The van der Waals surface area contributed by atoms with Crippen LogP contribution in [-0.2, 0) is 11.3 Å². The van der Waals surface area contributed by atoms with Crippen LogP contribution in [0.25, 0.3) is 0 Å². The molecule has 108 valence electrons. The van der Waals surface area contributed by atoms with E-state index in [0.717, 1.165) is 39.3 Å². The molecule has 0 aromatic carbocycles. The maximum absolute atomic E-state index is 5.63. The number of piperidine rings is 1. The highest BCUT2D eigenvalue weighted by Crippen LogP contribution is 2.22. The lowest BCUT2D eigenvalue weighted by Gasteiger charge is -2.23. The van der Waals surface area contributed by atoms with Crippen LogP contribution in [0.5, 0.6) is 0 Å². The van der Waals surface area contributed by atoms with E-state index in [4.69, 9.17) is 4.74 Å². The smallest absolute Gasteiger partial charge is 0.0948 e. The summed E-state index contributed by atoms with van der Waals surface area (Å²) in [5, 5.41) is 3.47. The van der Waals surface area contributed by atoms with E-state index >= 15 is 0 Å². The van der Waals surface area contributed by atoms with Gasteiger partial charge < -0.3 is 14.6 Å². The van der Waals surface area contributed by atoms with Crippen molar-refractivity contribution < 1.29 is 4.74 Å². The molecule has 1 saturated heterocycles. The molecule has 0 radical (unpaired) electrons. The van der Waals surface area contributed by atoms with Gasteiger partial charge in [-0.15, -0.1) is 0 Å². The molecule has 19 heavy (non-hydrogen) atoms. The van der Waals surface area contributed by atoms with Gasteiger partial charge in [-0.2, -0.15) is 0 Å². The Morgan fingerprint density at radius 1 is 1.53 bits per heavy atom. The number of nitrogens with zero attached hydrogens (tertiary/aromatic N) is 2. The molecule has 4 heteroatoms. The van der Waals surface area contributed by atoms with Crippen LogP contribution in [0.1, 0.15) is 44.7 Å². The number of imidazole rings is 1. The van der Waals surface area contributed by atoms with Gasteiger partial charge in [0.25, 0.3) is 0 Å². The number of hydrogen-bond acceptors (Lipinski definition) is 3. The number of hydrogen-bond donors (Lipinski definition) is 1. The quantitative estimate of drug-likeness (QED) is 0.770. The molecular weight excluding hydrogens is 238 g/mol. The van der Waals surface area contributed by atoms with E-state index in [-0.39, 0.29) is 0 Å². The molecule has 0 aliphatic carbocycles. The monoisotopic (exact) mass is 265 g/mol. The maximum Gasteiger partial charge on any atom is 0.0948 e. The summed E-state index contributed by atoms with van der Waals surface area (Å²) < 4.78 is 7.93. The maximum atomic E-state index is 5.63. The van der Waals surface area contributed by atoms with E-state index in [1.807, 2.05) is 12.5 Å². The Bertz CT molecular complexity index is 356. The summed E-state index contributed by atoms with van der Waals surface area (Å²) in [5.74, 6) is 1.25. The van der Waals surface area contributed by atoms with E-state index in [1.165, 1.54) is 18.5 Å². The van der Waals surface area contributed by atoms with Crippen molar-refractivity contribution in [1.82, 2.24) is 14.9 Å². The van der Waals surface area contributed by atoms with Gasteiger partial charge in [0.1, 0.15) is 0 Å². The summed E-state index contributed by atoms with van der Waals surface area (Å²) >= 11 is 0.